The fourth-order valence-corrected chi connectivity index (χ4v) is 5.33. The van der Waals surface area contributed by atoms with Crippen molar-refractivity contribution in [3.8, 4) is 0 Å². The van der Waals surface area contributed by atoms with Gasteiger partial charge in [-0.2, -0.15) is 0 Å². The lowest BCUT2D eigenvalue weighted by molar-refractivity contribution is -0.384. The van der Waals surface area contributed by atoms with Crippen LogP contribution < -0.4 is 5.32 Å². The van der Waals surface area contributed by atoms with Crippen LogP contribution >= 0.6 is 0 Å². The Balaban J connectivity index is 1.50. The first-order valence-electron chi connectivity index (χ1n) is 13.0. The summed E-state index contributed by atoms with van der Waals surface area (Å²) in [7, 11) is 0. The van der Waals surface area contributed by atoms with Crippen LogP contribution in [0.1, 0.15) is 41.9 Å². The van der Waals surface area contributed by atoms with E-state index in [9.17, 15) is 19.3 Å². The minimum Gasteiger partial charge on any atom is -0.355 e. The van der Waals surface area contributed by atoms with Crippen LogP contribution in [0.25, 0.3) is 10.9 Å². The third-order valence-electron chi connectivity index (χ3n) is 7.29. The Bertz CT molecular complexity index is 1410. The van der Waals surface area contributed by atoms with E-state index in [0.29, 0.717) is 18.5 Å². The van der Waals surface area contributed by atoms with Crippen molar-refractivity contribution >= 4 is 22.5 Å². The van der Waals surface area contributed by atoms with E-state index in [-0.39, 0.29) is 23.8 Å². The lowest BCUT2D eigenvalue weighted by Crippen LogP contribution is -2.34. The Morgan fingerprint density at radius 1 is 1.03 bits per heavy atom. The summed E-state index contributed by atoms with van der Waals surface area (Å²) >= 11 is 0. The van der Waals surface area contributed by atoms with Crippen molar-refractivity contribution < 1.29 is 14.1 Å². The summed E-state index contributed by atoms with van der Waals surface area (Å²) in [6, 6.07) is 21.0. The van der Waals surface area contributed by atoms with Crippen LogP contribution in [0, 0.1) is 15.9 Å². The Labute approximate surface area is 221 Å². The van der Waals surface area contributed by atoms with E-state index in [1.54, 1.807) is 24.3 Å². The van der Waals surface area contributed by atoms with Crippen molar-refractivity contribution in [1.29, 1.82) is 0 Å². The number of aromatic nitrogens is 1. The molecule has 3 aromatic carbocycles. The predicted molar refractivity (Wildman–Crippen MR) is 146 cm³/mol. The van der Waals surface area contributed by atoms with Crippen LogP contribution in [-0.4, -0.2) is 46.5 Å². The minimum absolute atomic E-state index is 0.0101. The van der Waals surface area contributed by atoms with Gasteiger partial charge in [0.2, 0.25) is 5.91 Å². The Hall–Kier alpha value is -4.04. The maximum Gasteiger partial charge on any atom is 0.270 e. The normalized spacial score (nSPS) is 14.6. The molecule has 1 aliphatic heterocycles. The molecule has 0 spiro atoms. The second kappa shape index (κ2) is 11.6. The van der Waals surface area contributed by atoms with Crippen LogP contribution in [0.3, 0.4) is 0 Å². The number of nitrogens with one attached hydrogen (secondary N) is 1. The SMILES string of the molecule is O=C(C[C@@H](c1ccc(F)cc1)c1cn(Cc2ccccc2)c2ccc([N+](=O)[O-])cc12)NCCN1CCCC1. The smallest absolute Gasteiger partial charge is 0.270 e. The Morgan fingerprint density at radius 3 is 2.47 bits per heavy atom. The predicted octanol–water partition coefficient (Wildman–Crippen LogP) is 5.47. The molecule has 8 heteroatoms. The van der Waals surface area contributed by atoms with E-state index in [1.165, 1.54) is 31.0 Å². The molecule has 1 aromatic heterocycles. The molecule has 1 atom stereocenters. The molecule has 1 amide bonds. The standard InChI is InChI=1S/C30H31FN4O3/c31-24-10-8-23(9-11-24)26(19-30(36)32-14-17-33-15-4-5-16-33)28-21-34(20-22-6-2-1-3-7-22)29-13-12-25(35(37)38)18-27(28)29/h1-3,6-13,18,21,26H,4-5,14-17,19-20H2,(H,32,36)/t26-/m0/s1. The van der Waals surface area contributed by atoms with E-state index in [2.05, 4.69) is 14.8 Å². The molecule has 2 heterocycles. The van der Waals surface area contributed by atoms with Gasteiger partial charge >= 0.3 is 0 Å². The Morgan fingerprint density at radius 2 is 1.76 bits per heavy atom. The van der Waals surface area contributed by atoms with Crippen LogP contribution in [-0.2, 0) is 11.3 Å². The fraction of sp³-hybridized carbons (Fsp3) is 0.300. The number of carbonyl (C=O) groups excluding carboxylic acids is 1. The van der Waals surface area contributed by atoms with Crippen LogP contribution in [0.5, 0.6) is 0 Å². The van der Waals surface area contributed by atoms with Gasteiger partial charge in [0.15, 0.2) is 0 Å². The molecular weight excluding hydrogens is 483 g/mol. The zero-order valence-electron chi connectivity index (χ0n) is 21.2. The van der Waals surface area contributed by atoms with Gasteiger partial charge < -0.3 is 14.8 Å². The van der Waals surface area contributed by atoms with Crippen molar-refractivity contribution in [2.75, 3.05) is 26.2 Å². The lowest BCUT2D eigenvalue weighted by Gasteiger charge is -2.19. The van der Waals surface area contributed by atoms with Gasteiger partial charge in [-0.25, -0.2) is 4.39 Å². The van der Waals surface area contributed by atoms with Crippen molar-refractivity contribution in [1.82, 2.24) is 14.8 Å². The number of amides is 1. The number of halogens is 1. The molecule has 1 aliphatic rings. The monoisotopic (exact) mass is 514 g/mol. The molecule has 0 radical (unpaired) electrons. The van der Waals surface area contributed by atoms with Gasteiger partial charge in [-0.05, 0) is 60.8 Å². The van der Waals surface area contributed by atoms with Gasteiger partial charge in [-0.3, -0.25) is 14.9 Å². The average molecular weight is 515 g/mol. The topological polar surface area (TPSA) is 80.4 Å². The summed E-state index contributed by atoms with van der Waals surface area (Å²) in [4.78, 5) is 26.7. The van der Waals surface area contributed by atoms with E-state index in [1.807, 2.05) is 36.5 Å². The van der Waals surface area contributed by atoms with Crippen molar-refractivity contribution in [2.24, 2.45) is 0 Å². The van der Waals surface area contributed by atoms with Crippen molar-refractivity contribution in [3.63, 3.8) is 0 Å². The highest BCUT2D eigenvalue weighted by Gasteiger charge is 2.24. The van der Waals surface area contributed by atoms with Gasteiger partial charge in [-0.15, -0.1) is 0 Å². The van der Waals surface area contributed by atoms with Crippen LogP contribution in [0.2, 0.25) is 0 Å². The van der Waals surface area contributed by atoms with E-state index < -0.39 is 10.8 Å². The molecule has 1 N–H and O–H groups in total. The third kappa shape index (κ3) is 5.92. The molecule has 5 rings (SSSR count). The zero-order valence-corrected chi connectivity index (χ0v) is 21.2. The maximum absolute atomic E-state index is 13.8. The fourth-order valence-electron chi connectivity index (χ4n) is 5.33. The van der Waals surface area contributed by atoms with Gasteiger partial charge in [0, 0.05) is 61.2 Å². The van der Waals surface area contributed by atoms with Crippen molar-refractivity contribution in [2.45, 2.75) is 31.7 Å². The molecule has 4 aromatic rings. The molecule has 0 aliphatic carbocycles. The van der Waals surface area contributed by atoms with E-state index >= 15 is 0 Å². The molecule has 196 valence electrons. The molecule has 0 saturated carbocycles. The molecule has 7 nitrogen and oxygen atoms in total. The summed E-state index contributed by atoms with van der Waals surface area (Å²) in [6.07, 6.45) is 4.52. The van der Waals surface area contributed by atoms with Crippen LogP contribution in [0.15, 0.2) is 79.0 Å². The third-order valence-corrected chi connectivity index (χ3v) is 7.29. The summed E-state index contributed by atoms with van der Waals surface area (Å²) in [5, 5.41) is 15.4. The van der Waals surface area contributed by atoms with Gasteiger partial charge in [0.25, 0.3) is 5.69 Å². The molecule has 1 fully saturated rings. The number of likely N-dealkylation sites (tertiary alicyclic amines) is 1. The second-order valence-electron chi connectivity index (χ2n) is 9.86. The summed E-state index contributed by atoms with van der Waals surface area (Å²) in [5.41, 5.74) is 3.51. The molecule has 1 saturated heterocycles. The second-order valence-corrected chi connectivity index (χ2v) is 9.86. The highest BCUT2D eigenvalue weighted by molar-refractivity contribution is 5.88. The summed E-state index contributed by atoms with van der Waals surface area (Å²) in [5.74, 6) is -0.860. The largest absolute Gasteiger partial charge is 0.355 e. The number of nitrogens with zero attached hydrogens (tertiary/aromatic N) is 3. The number of non-ortho nitro benzene ring substituents is 1. The molecule has 0 unspecified atom stereocenters. The number of hydrogen-bond donors (Lipinski definition) is 1. The number of hydrogen-bond acceptors (Lipinski definition) is 4. The summed E-state index contributed by atoms with van der Waals surface area (Å²) < 4.78 is 15.9. The zero-order chi connectivity index (χ0) is 26.5. The Kier molecular flexibility index (Phi) is 7.79. The number of carbonyl (C=O) groups is 1. The molecule has 0 bridgehead atoms. The number of nitro benzene ring substituents is 1. The summed E-state index contributed by atoms with van der Waals surface area (Å²) in [6.45, 7) is 4.08. The highest BCUT2D eigenvalue weighted by Crippen LogP contribution is 2.37. The quantitative estimate of drug-likeness (QED) is 0.225. The van der Waals surface area contributed by atoms with Crippen molar-refractivity contribution in [3.05, 3.63) is 112 Å². The van der Waals surface area contributed by atoms with Crippen LogP contribution in [0.4, 0.5) is 10.1 Å². The van der Waals surface area contributed by atoms with E-state index in [4.69, 9.17) is 0 Å². The first-order chi connectivity index (χ1) is 18.5. The molecular formula is C30H31FN4O3. The van der Waals surface area contributed by atoms with Gasteiger partial charge in [0.05, 0.1) is 4.92 Å². The minimum atomic E-state index is -0.407. The number of benzene rings is 3. The number of rotatable bonds is 10. The van der Waals surface area contributed by atoms with Gasteiger partial charge in [-0.1, -0.05) is 42.5 Å². The highest BCUT2D eigenvalue weighted by atomic mass is 19.1. The van der Waals surface area contributed by atoms with E-state index in [0.717, 1.165) is 41.8 Å². The number of fused-ring (bicyclic) bond motifs is 1. The molecule has 38 heavy (non-hydrogen) atoms. The lowest BCUT2D eigenvalue weighted by atomic mass is 9.88. The first kappa shape index (κ1) is 25.6. The number of nitro groups is 1. The first-order valence-corrected chi connectivity index (χ1v) is 13.0. The van der Waals surface area contributed by atoms with Gasteiger partial charge in [0.1, 0.15) is 5.82 Å². The maximum atomic E-state index is 13.8. The average Bonchev–Trinajstić information content (AvgIpc) is 3.56.